The Kier molecular flexibility index (Phi) is 8.23. The fourth-order valence-electron chi connectivity index (χ4n) is 3.16. The molecule has 1 fully saturated rings. The first-order valence-corrected chi connectivity index (χ1v) is 9.59. The first kappa shape index (κ1) is 21.8. The highest BCUT2D eigenvalue weighted by Gasteiger charge is 2.32. The molecule has 0 spiro atoms. The monoisotopic (exact) mass is 388 g/mol. The van der Waals surface area contributed by atoms with E-state index in [2.05, 4.69) is 19.2 Å². The largest absolute Gasteiger partial charge is 0.493 e. The summed E-state index contributed by atoms with van der Waals surface area (Å²) < 4.78 is 48.6. The summed E-state index contributed by atoms with van der Waals surface area (Å²) in [6, 6.07) is 6.11. The molecule has 27 heavy (non-hydrogen) atoms. The van der Waals surface area contributed by atoms with E-state index in [9.17, 15) is 13.2 Å². The van der Waals surface area contributed by atoms with Gasteiger partial charge in [0.15, 0.2) is 11.5 Å². The highest BCUT2D eigenvalue weighted by atomic mass is 19.4. The molecular formula is C20H31F3N2O2. The van der Waals surface area contributed by atoms with Gasteiger partial charge in [0.05, 0.1) is 20.3 Å². The van der Waals surface area contributed by atoms with Crippen molar-refractivity contribution in [3.05, 3.63) is 23.8 Å². The lowest BCUT2D eigenvalue weighted by Gasteiger charge is -2.32. The molecule has 0 amide bonds. The van der Waals surface area contributed by atoms with Crippen LogP contribution in [0.15, 0.2) is 18.2 Å². The molecule has 1 aromatic carbocycles. The number of alkyl halides is 3. The second-order valence-electron chi connectivity index (χ2n) is 7.56. The quantitative estimate of drug-likeness (QED) is 0.686. The highest BCUT2D eigenvalue weighted by molar-refractivity contribution is 5.43. The van der Waals surface area contributed by atoms with Crippen molar-refractivity contribution in [3.63, 3.8) is 0 Å². The third-order valence-electron chi connectivity index (χ3n) is 4.77. The number of piperidine rings is 1. The van der Waals surface area contributed by atoms with Crippen LogP contribution in [0.3, 0.4) is 0 Å². The molecule has 1 heterocycles. The molecule has 1 aromatic rings. The normalized spacial score (nSPS) is 16.7. The maximum absolute atomic E-state index is 12.4. The fourth-order valence-corrected chi connectivity index (χ4v) is 3.16. The van der Waals surface area contributed by atoms with E-state index >= 15 is 0 Å². The van der Waals surface area contributed by atoms with Crippen LogP contribution in [0.4, 0.5) is 13.2 Å². The SMILES string of the molecule is COc1cc(CNC2CCN(CC(F)(F)F)CC2)ccc1OCCC(C)C. The number of nitrogens with one attached hydrogen (secondary N) is 1. The summed E-state index contributed by atoms with van der Waals surface area (Å²) in [5.74, 6) is 2.03. The number of ether oxygens (including phenoxy) is 2. The van der Waals surface area contributed by atoms with Crippen LogP contribution < -0.4 is 14.8 Å². The van der Waals surface area contributed by atoms with Crippen molar-refractivity contribution in [2.45, 2.75) is 51.9 Å². The van der Waals surface area contributed by atoms with Crippen LogP contribution in [0.2, 0.25) is 0 Å². The lowest BCUT2D eigenvalue weighted by atomic mass is 10.0. The standard InChI is InChI=1S/C20H31F3N2O2/c1-15(2)8-11-27-18-5-4-16(12-19(18)26-3)13-24-17-6-9-25(10-7-17)14-20(21,22)23/h4-5,12,15,17,24H,6-11,13-14H2,1-3H3. The zero-order chi connectivity index (χ0) is 19.9. The van der Waals surface area contributed by atoms with Crippen LogP contribution in [0.1, 0.15) is 38.7 Å². The van der Waals surface area contributed by atoms with Gasteiger partial charge in [-0.1, -0.05) is 19.9 Å². The Hall–Kier alpha value is -1.47. The summed E-state index contributed by atoms with van der Waals surface area (Å²) in [6.07, 6.45) is -1.68. The molecule has 7 heteroatoms. The van der Waals surface area contributed by atoms with Gasteiger partial charge in [-0.25, -0.2) is 0 Å². The van der Waals surface area contributed by atoms with E-state index in [1.165, 1.54) is 4.90 Å². The molecule has 1 N–H and O–H groups in total. The summed E-state index contributed by atoms with van der Waals surface area (Å²) >= 11 is 0. The first-order chi connectivity index (χ1) is 12.8. The van der Waals surface area contributed by atoms with Gasteiger partial charge in [-0.15, -0.1) is 0 Å². The van der Waals surface area contributed by atoms with Crippen molar-refractivity contribution in [2.75, 3.05) is 33.4 Å². The van der Waals surface area contributed by atoms with E-state index in [-0.39, 0.29) is 6.04 Å². The van der Waals surface area contributed by atoms with Gasteiger partial charge in [0.25, 0.3) is 0 Å². The van der Waals surface area contributed by atoms with Crippen LogP contribution in [-0.2, 0) is 6.54 Å². The second-order valence-corrected chi connectivity index (χ2v) is 7.56. The Labute approximate surface area is 160 Å². The van der Waals surface area contributed by atoms with Gasteiger partial charge < -0.3 is 14.8 Å². The number of benzene rings is 1. The van der Waals surface area contributed by atoms with Crippen molar-refractivity contribution >= 4 is 0 Å². The number of hydrogen-bond acceptors (Lipinski definition) is 4. The van der Waals surface area contributed by atoms with Gasteiger partial charge in [-0.05, 0) is 56.0 Å². The molecule has 0 bridgehead atoms. The number of methoxy groups -OCH3 is 1. The topological polar surface area (TPSA) is 33.7 Å². The van der Waals surface area contributed by atoms with Crippen molar-refractivity contribution in [2.24, 2.45) is 5.92 Å². The van der Waals surface area contributed by atoms with Crippen LogP contribution in [0, 0.1) is 5.92 Å². The summed E-state index contributed by atoms with van der Waals surface area (Å²) in [5.41, 5.74) is 1.07. The van der Waals surface area contributed by atoms with E-state index in [0.29, 0.717) is 37.9 Å². The van der Waals surface area contributed by atoms with Gasteiger partial charge in [0.1, 0.15) is 0 Å². The van der Waals surface area contributed by atoms with E-state index in [4.69, 9.17) is 9.47 Å². The molecule has 4 nitrogen and oxygen atoms in total. The Morgan fingerprint density at radius 2 is 1.89 bits per heavy atom. The Morgan fingerprint density at radius 3 is 2.48 bits per heavy atom. The average molecular weight is 388 g/mol. The maximum Gasteiger partial charge on any atom is 0.401 e. The number of rotatable bonds is 9. The second kappa shape index (κ2) is 10.2. The van der Waals surface area contributed by atoms with E-state index < -0.39 is 12.7 Å². The number of likely N-dealkylation sites (tertiary alicyclic amines) is 1. The molecule has 0 aliphatic carbocycles. The van der Waals surface area contributed by atoms with Crippen molar-refractivity contribution in [3.8, 4) is 11.5 Å². The fraction of sp³-hybridized carbons (Fsp3) is 0.700. The zero-order valence-corrected chi connectivity index (χ0v) is 16.4. The summed E-state index contributed by atoms with van der Waals surface area (Å²) in [6.45, 7) is 5.77. The lowest BCUT2D eigenvalue weighted by Crippen LogP contribution is -2.45. The average Bonchev–Trinajstić information content (AvgIpc) is 2.60. The lowest BCUT2D eigenvalue weighted by molar-refractivity contribution is -0.148. The minimum Gasteiger partial charge on any atom is -0.493 e. The van der Waals surface area contributed by atoms with Gasteiger partial charge in [0.2, 0.25) is 0 Å². The molecule has 0 saturated carbocycles. The zero-order valence-electron chi connectivity index (χ0n) is 16.4. The smallest absolute Gasteiger partial charge is 0.401 e. The molecule has 0 unspecified atom stereocenters. The predicted molar refractivity (Wildman–Crippen MR) is 100 cm³/mol. The van der Waals surface area contributed by atoms with Crippen molar-refractivity contribution in [1.29, 1.82) is 0 Å². The summed E-state index contributed by atoms with van der Waals surface area (Å²) in [5, 5.41) is 3.45. The van der Waals surface area contributed by atoms with E-state index in [1.54, 1.807) is 7.11 Å². The van der Waals surface area contributed by atoms with E-state index in [1.807, 2.05) is 18.2 Å². The number of nitrogens with zero attached hydrogens (tertiary/aromatic N) is 1. The van der Waals surface area contributed by atoms with Gasteiger partial charge in [0, 0.05) is 12.6 Å². The molecule has 0 aromatic heterocycles. The maximum atomic E-state index is 12.4. The molecule has 154 valence electrons. The summed E-state index contributed by atoms with van der Waals surface area (Å²) in [7, 11) is 1.62. The number of hydrogen-bond donors (Lipinski definition) is 1. The molecule has 1 aliphatic heterocycles. The third kappa shape index (κ3) is 7.97. The van der Waals surface area contributed by atoms with E-state index in [0.717, 1.165) is 30.6 Å². The van der Waals surface area contributed by atoms with Crippen molar-refractivity contribution < 1.29 is 22.6 Å². The molecule has 2 rings (SSSR count). The molecule has 0 atom stereocenters. The van der Waals surface area contributed by atoms with Crippen LogP contribution in [0.25, 0.3) is 0 Å². The highest BCUT2D eigenvalue weighted by Crippen LogP contribution is 2.28. The predicted octanol–water partition coefficient (Wildman–Crippen LogP) is 4.24. The Morgan fingerprint density at radius 1 is 1.19 bits per heavy atom. The Balaban J connectivity index is 1.79. The van der Waals surface area contributed by atoms with Gasteiger partial charge >= 0.3 is 6.18 Å². The molecule has 1 saturated heterocycles. The summed E-state index contributed by atoms with van der Waals surface area (Å²) in [4.78, 5) is 1.48. The first-order valence-electron chi connectivity index (χ1n) is 9.59. The minimum absolute atomic E-state index is 0.238. The van der Waals surface area contributed by atoms with Crippen LogP contribution in [0.5, 0.6) is 11.5 Å². The Bertz CT molecular complexity index is 571. The van der Waals surface area contributed by atoms with Gasteiger partial charge in [-0.2, -0.15) is 13.2 Å². The minimum atomic E-state index is -4.12. The molecule has 0 radical (unpaired) electrons. The molecule has 1 aliphatic rings. The van der Waals surface area contributed by atoms with Gasteiger partial charge in [-0.3, -0.25) is 4.90 Å². The third-order valence-corrected chi connectivity index (χ3v) is 4.77. The molecular weight excluding hydrogens is 357 g/mol. The van der Waals surface area contributed by atoms with Crippen LogP contribution in [-0.4, -0.2) is 50.5 Å². The van der Waals surface area contributed by atoms with Crippen molar-refractivity contribution in [1.82, 2.24) is 10.2 Å². The van der Waals surface area contributed by atoms with Crippen LogP contribution >= 0.6 is 0 Å². The number of halogens is 3.